The first-order valence-electron chi connectivity index (χ1n) is 6.47. The Balaban J connectivity index is 2.16. The van der Waals surface area contributed by atoms with E-state index in [1.54, 1.807) is 6.07 Å². The lowest BCUT2D eigenvalue weighted by Crippen LogP contribution is -2.13. The van der Waals surface area contributed by atoms with Gasteiger partial charge in [0.15, 0.2) is 0 Å². The highest BCUT2D eigenvalue weighted by atomic mass is 79.9. The van der Waals surface area contributed by atoms with Gasteiger partial charge < -0.3 is 5.32 Å². The second-order valence-corrected chi connectivity index (χ2v) is 6.32. The largest absolute Gasteiger partial charge is 0.321 e. The van der Waals surface area contributed by atoms with Crippen molar-refractivity contribution in [1.29, 1.82) is 5.26 Å². The number of benzene rings is 2. The molecule has 0 aliphatic carbocycles. The Kier molecular flexibility index (Phi) is 5.99. The second-order valence-electron chi connectivity index (χ2n) is 4.33. The molecule has 0 unspecified atom stereocenters. The van der Waals surface area contributed by atoms with Gasteiger partial charge in [-0.15, -0.1) is 11.8 Å². The van der Waals surface area contributed by atoms with E-state index in [1.165, 1.54) is 30.0 Å². The third-order valence-electron chi connectivity index (χ3n) is 2.78. The van der Waals surface area contributed by atoms with Crippen molar-refractivity contribution in [1.82, 2.24) is 0 Å². The molecule has 2 aromatic carbocycles. The summed E-state index contributed by atoms with van der Waals surface area (Å²) in [6.07, 6.45) is 0.441. The van der Waals surface area contributed by atoms with Gasteiger partial charge in [-0.2, -0.15) is 5.26 Å². The zero-order valence-corrected chi connectivity index (χ0v) is 13.9. The lowest BCUT2D eigenvalue weighted by molar-refractivity contribution is 0.102. The van der Waals surface area contributed by atoms with Gasteiger partial charge in [0.25, 0.3) is 5.91 Å². The molecule has 0 aliphatic heterocycles. The first kappa shape index (κ1) is 16.5. The number of para-hydroxylation sites is 1. The zero-order chi connectivity index (χ0) is 15.9. The Morgan fingerprint density at radius 1 is 1.32 bits per heavy atom. The number of rotatable bonds is 5. The normalized spacial score (nSPS) is 10.0. The van der Waals surface area contributed by atoms with Gasteiger partial charge in [0.05, 0.1) is 17.3 Å². The molecule has 0 heterocycles. The van der Waals surface area contributed by atoms with Crippen LogP contribution in [-0.4, -0.2) is 11.7 Å². The SMILES string of the molecule is N#CCCSc1ccccc1NC(=O)c1ccc(F)cc1Br. The molecule has 0 aromatic heterocycles. The molecule has 0 bridgehead atoms. The summed E-state index contributed by atoms with van der Waals surface area (Å²) in [4.78, 5) is 13.2. The lowest BCUT2D eigenvalue weighted by Gasteiger charge is -2.11. The molecule has 112 valence electrons. The van der Waals surface area contributed by atoms with Crippen LogP contribution >= 0.6 is 27.7 Å². The van der Waals surface area contributed by atoms with Gasteiger partial charge in [0.1, 0.15) is 5.82 Å². The van der Waals surface area contributed by atoms with E-state index in [-0.39, 0.29) is 5.91 Å². The predicted molar refractivity (Wildman–Crippen MR) is 89.4 cm³/mol. The average molecular weight is 379 g/mol. The van der Waals surface area contributed by atoms with Crippen molar-refractivity contribution < 1.29 is 9.18 Å². The number of amides is 1. The summed E-state index contributed by atoms with van der Waals surface area (Å²) < 4.78 is 13.5. The number of nitriles is 1. The van der Waals surface area contributed by atoms with E-state index < -0.39 is 5.82 Å². The number of carbonyl (C=O) groups excluding carboxylic acids is 1. The van der Waals surface area contributed by atoms with Crippen molar-refractivity contribution in [2.24, 2.45) is 0 Å². The maximum absolute atomic E-state index is 13.1. The highest BCUT2D eigenvalue weighted by molar-refractivity contribution is 9.10. The summed E-state index contributed by atoms with van der Waals surface area (Å²) in [6, 6.07) is 13.4. The molecule has 3 nitrogen and oxygen atoms in total. The van der Waals surface area contributed by atoms with Crippen molar-refractivity contribution >= 4 is 39.3 Å². The third-order valence-corrected chi connectivity index (χ3v) is 4.51. The molecule has 0 radical (unpaired) electrons. The van der Waals surface area contributed by atoms with E-state index in [0.29, 0.717) is 27.9 Å². The summed E-state index contributed by atoms with van der Waals surface area (Å²) >= 11 is 4.70. The monoisotopic (exact) mass is 378 g/mol. The van der Waals surface area contributed by atoms with Crippen molar-refractivity contribution in [2.75, 3.05) is 11.1 Å². The summed E-state index contributed by atoms with van der Waals surface area (Å²) in [5.41, 5.74) is 1.03. The van der Waals surface area contributed by atoms with Crippen LogP contribution in [0.1, 0.15) is 16.8 Å². The Bertz CT molecular complexity index is 730. The standard InChI is InChI=1S/C16H12BrFN2OS/c17-13-10-11(18)6-7-12(13)16(21)20-14-4-1-2-5-15(14)22-9-3-8-19/h1-2,4-7,10H,3,9H2,(H,20,21). The fourth-order valence-electron chi connectivity index (χ4n) is 1.77. The van der Waals surface area contributed by atoms with Crippen LogP contribution in [-0.2, 0) is 0 Å². The van der Waals surface area contributed by atoms with Crippen molar-refractivity contribution in [3.63, 3.8) is 0 Å². The van der Waals surface area contributed by atoms with Crippen molar-refractivity contribution in [3.05, 3.63) is 58.3 Å². The minimum Gasteiger partial charge on any atom is -0.321 e. The Hall–Kier alpha value is -1.84. The minimum atomic E-state index is -0.407. The maximum Gasteiger partial charge on any atom is 0.256 e. The highest BCUT2D eigenvalue weighted by Gasteiger charge is 2.13. The molecule has 0 atom stereocenters. The first-order chi connectivity index (χ1) is 10.6. The van der Waals surface area contributed by atoms with Crippen LogP contribution < -0.4 is 5.32 Å². The molecule has 0 spiro atoms. The Morgan fingerprint density at radius 3 is 2.82 bits per heavy atom. The van der Waals surface area contributed by atoms with Gasteiger partial charge in [-0.1, -0.05) is 12.1 Å². The number of thioether (sulfide) groups is 1. The molecule has 1 amide bonds. The average Bonchev–Trinajstić information content (AvgIpc) is 2.49. The smallest absolute Gasteiger partial charge is 0.256 e. The lowest BCUT2D eigenvalue weighted by atomic mass is 10.2. The fourth-order valence-corrected chi connectivity index (χ4v) is 3.16. The Labute approximate surface area is 140 Å². The summed E-state index contributed by atoms with van der Waals surface area (Å²) in [5, 5.41) is 11.4. The number of halogens is 2. The molecule has 0 saturated heterocycles. The molecule has 0 fully saturated rings. The number of anilines is 1. The predicted octanol–water partition coefficient (Wildman–Crippen LogP) is 4.85. The fraction of sp³-hybridized carbons (Fsp3) is 0.125. The number of carbonyl (C=O) groups is 1. The van der Waals surface area contributed by atoms with Crippen LogP contribution in [0.15, 0.2) is 51.8 Å². The van der Waals surface area contributed by atoms with Crippen LogP contribution in [0.25, 0.3) is 0 Å². The first-order valence-corrected chi connectivity index (χ1v) is 8.25. The molecule has 22 heavy (non-hydrogen) atoms. The van der Waals surface area contributed by atoms with E-state index in [4.69, 9.17) is 5.26 Å². The van der Waals surface area contributed by atoms with E-state index >= 15 is 0 Å². The topological polar surface area (TPSA) is 52.9 Å². The third kappa shape index (κ3) is 4.33. The number of nitrogens with one attached hydrogen (secondary N) is 1. The molecular formula is C16H12BrFN2OS. The van der Waals surface area contributed by atoms with E-state index in [0.717, 1.165) is 4.90 Å². The van der Waals surface area contributed by atoms with E-state index in [2.05, 4.69) is 27.3 Å². The maximum atomic E-state index is 13.1. The number of nitrogens with zero attached hydrogens (tertiary/aromatic N) is 1. The van der Waals surface area contributed by atoms with Crippen molar-refractivity contribution in [2.45, 2.75) is 11.3 Å². The van der Waals surface area contributed by atoms with E-state index in [1.807, 2.05) is 18.2 Å². The van der Waals surface area contributed by atoms with Crippen LogP contribution in [0.3, 0.4) is 0 Å². The summed E-state index contributed by atoms with van der Waals surface area (Å²) in [6.45, 7) is 0. The van der Waals surface area contributed by atoms with Gasteiger partial charge in [-0.3, -0.25) is 4.79 Å². The van der Waals surface area contributed by atoms with Crippen molar-refractivity contribution in [3.8, 4) is 6.07 Å². The number of hydrogen-bond donors (Lipinski definition) is 1. The van der Waals surface area contributed by atoms with Crippen LogP contribution in [0.2, 0.25) is 0 Å². The van der Waals surface area contributed by atoms with Gasteiger partial charge in [0.2, 0.25) is 0 Å². The minimum absolute atomic E-state index is 0.319. The summed E-state index contributed by atoms with van der Waals surface area (Å²) in [7, 11) is 0. The number of hydrogen-bond acceptors (Lipinski definition) is 3. The molecule has 6 heteroatoms. The molecular weight excluding hydrogens is 367 g/mol. The van der Waals surface area contributed by atoms with Crippen LogP contribution in [0.4, 0.5) is 10.1 Å². The zero-order valence-electron chi connectivity index (χ0n) is 11.5. The molecule has 2 aromatic rings. The second kappa shape index (κ2) is 7.97. The highest BCUT2D eigenvalue weighted by Crippen LogP contribution is 2.28. The van der Waals surface area contributed by atoms with Gasteiger partial charge >= 0.3 is 0 Å². The molecule has 1 N–H and O–H groups in total. The summed E-state index contributed by atoms with van der Waals surface area (Å²) in [5.74, 6) is -0.0695. The van der Waals surface area contributed by atoms with Crippen LogP contribution in [0, 0.1) is 17.1 Å². The van der Waals surface area contributed by atoms with Gasteiger partial charge in [0, 0.05) is 21.5 Å². The quantitative estimate of drug-likeness (QED) is 0.597. The van der Waals surface area contributed by atoms with Gasteiger partial charge in [-0.05, 0) is 46.3 Å². The van der Waals surface area contributed by atoms with Crippen LogP contribution in [0.5, 0.6) is 0 Å². The Morgan fingerprint density at radius 2 is 2.09 bits per heavy atom. The van der Waals surface area contributed by atoms with E-state index in [9.17, 15) is 9.18 Å². The van der Waals surface area contributed by atoms with Gasteiger partial charge in [-0.25, -0.2) is 4.39 Å². The molecule has 0 aliphatic rings. The molecule has 0 saturated carbocycles. The molecule has 2 rings (SSSR count).